The summed E-state index contributed by atoms with van der Waals surface area (Å²) in [6.07, 6.45) is 0. The molecule has 1 aliphatic rings. The van der Waals surface area contributed by atoms with Gasteiger partial charge in [0.05, 0.1) is 17.2 Å². The average Bonchev–Trinajstić information content (AvgIpc) is 3.02. The third-order valence-corrected chi connectivity index (χ3v) is 5.32. The van der Waals surface area contributed by atoms with Gasteiger partial charge in [0, 0.05) is 12.2 Å². The van der Waals surface area contributed by atoms with Crippen LogP contribution in [0.5, 0.6) is 0 Å². The highest BCUT2D eigenvalue weighted by Gasteiger charge is 2.35. The van der Waals surface area contributed by atoms with Gasteiger partial charge in [0.2, 0.25) is 0 Å². The predicted octanol–water partition coefficient (Wildman–Crippen LogP) is 4.85. The van der Waals surface area contributed by atoms with Crippen molar-refractivity contribution in [2.45, 2.75) is 19.9 Å². The van der Waals surface area contributed by atoms with Gasteiger partial charge in [-0.05, 0) is 35.2 Å². The molecule has 2 N–H and O–H groups in total. The molecule has 0 radical (unpaired) electrons. The molecule has 0 fully saturated rings. The van der Waals surface area contributed by atoms with Gasteiger partial charge in [-0.25, -0.2) is 4.79 Å². The number of hydrogen-bond donors (Lipinski definition) is 2. The third-order valence-electron chi connectivity index (χ3n) is 5.32. The highest BCUT2D eigenvalue weighted by Crippen LogP contribution is 2.27. The molecule has 1 heterocycles. The predicted molar refractivity (Wildman–Crippen MR) is 124 cm³/mol. The molecule has 32 heavy (non-hydrogen) atoms. The first-order valence-corrected chi connectivity index (χ1v) is 10.6. The van der Waals surface area contributed by atoms with Crippen LogP contribution in [0.3, 0.4) is 0 Å². The Bertz CT molecular complexity index is 1100. The molecule has 0 unspecified atom stereocenters. The first kappa shape index (κ1) is 21.3. The minimum Gasteiger partial charge on any atom is -0.327 e. The largest absolute Gasteiger partial charge is 0.327 e. The summed E-state index contributed by atoms with van der Waals surface area (Å²) in [5.74, 6) is -0.439. The molecule has 4 rings (SSSR count). The van der Waals surface area contributed by atoms with Crippen LogP contribution in [0.4, 0.5) is 10.5 Å². The maximum Gasteiger partial charge on any atom is 0.319 e. The van der Waals surface area contributed by atoms with Crippen LogP contribution in [0, 0.1) is 5.92 Å². The van der Waals surface area contributed by atoms with E-state index in [2.05, 4.69) is 10.6 Å². The molecule has 0 spiro atoms. The second-order valence-electron chi connectivity index (χ2n) is 8.23. The van der Waals surface area contributed by atoms with Crippen molar-refractivity contribution in [3.05, 3.63) is 101 Å². The molecule has 3 aromatic carbocycles. The Morgan fingerprint density at radius 1 is 0.812 bits per heavy atom. The minimum atomic E-state index is -0.404. The van der Waals surface area contributed by atoms with Crippen molar-refractivity contribution < 1.29 is 14.4 Å². The van der Waals surface area contributed by atoms with E-state index in [-0.39, 0.29) is 23.8 Å². The number of carbonyl (C=O) groups is 3. The van der Waals surface area contributed by atoms with Crippen LogP contribution < -0.4 is 10.6 Å². The monoisotopic (exact) mass is 427 g/mol. The van der Waals surface area contributed by atoms with E-state index in [1.165, 1.54) is 4.90 Å². The highest BCUT2D eigenvalue weighted by molar-refractivity contribution is 6.21. The van der Waals surface area contributed by atoms with E-state index in [0.717, 1.165) is 11.1 Å². The smallest absolute Gasteiger partial charge is 0.319 e. The SMILES string of the molecule is CC(C)CN1C(=O)c2ccc(NC(=O)NC(c3ccccc3)c3ccccc3)cc2C1=O. The normalized spacial score (nSPS) is 12.9. The number of benzene rings is 3. The molecule has 0 saturated heterocycles. The summed E-state index contributed by atoms with van der Waals surface area (Å²) in [6, 6.07) is 23.5. The van der Waals surface area contributed by atoms with E-state index in [1.54, 1.807) is 18.2 Å². The van der Waals surface area contributed by atoms with Crippen molar-refractivity contribution in [1.29, 1.82) is 0 Å². The Labute approximate surface area is 187 Å². The third kappa shape index (κ3) is 4.39. The number of nitrogens with one attached hydrogen (secondary N) is 2. The zero-order chi connectivity index (χ0) is 22.7. The fraction of sp³-hybridized carbons (Fsp3) is 0.192. The molecular formula is C26H25N3O3. The molecule has 6 heteroatoms. The molecule has 0 aliphatic carbocycles. The summed E-state index contributed by atoms with van der Waals surface area (Å²) in [5, 5.41) is 5.81. The number of carbonyl (C=O) groups excluding carboxylic acids is 3. The lowest BCUT2D eigenvalue weighted by Crippen LogP contribution is -2.33. The van der Waals surface area contributed by atoms with Crippen molar-refractivity contribution in [3.8, 4) is 0 Å². The quantitative estimate of drug-likeness (QED) is 0.552. The summed E-state index contributed by atoms with van der Waals surface area (Å²) in [4.78, 5) is 39.4. The number of rotatable bonds is 6. The Hall–Kier alpha value is -3.93. The van der Waals surface area contributed by atoms with Gasteiger partial charge in [0.25, 0.3) is 11.8 Å². The van der Waals surface area contributed by atoms with Crippen LogP contribution >= 0.6 is 0 Å². The second kappa shape index (κ2) is 9.06. The lowest BCUT2D eigenvalue weighted by molar-refractivity contribution is 0.0636. The molecule has 162 valence electrons. The van der Waals surface area contributed by atoms with Crippen LogP contribution in [-0.4, -0.2) is 29.3 Å². The molecule has 0 aromatic heterocycles. The molecule has 4 amide bonds. The molecule has 0 atom stereocenters. The van der Waals surface area contributed by atoms with Crippen molar-refractivity contribution in [1.82, 2.24) is 10.2 Å². The van der Waals surface area contributed by atoms with Gasteiger partial charge >= 0.3 is 6.03 Å². The van der Waals surface area contributed by atoms with Crippen molar-refractivity contribution in [2.75, 3.05) is 11.9 Å². The summed E-state index contributed by atoms with van der Waals surface area (Å²) < 4.78 is 0. The van der Waals surface area contributed by atoms with E-state index in [4.69, 9.17) is 0 Å². The van der Waals surface area contributed by atoms with Crippen LogP contribution in [0.2, 0.25) is 0 Å². The summed E-state index contributed by atoms with van der Waals surface area (Å²) in [7, 11) is 0. The minimum absolute atomic E-state index is 0.175. The lowest BCUT2D eigenvalue weighted by Gasteiger charge is -2.20. The summed E-state index contributed by atoms with van der Waals surface area (Å²) in [6.45, 7) is 4.28. The van der Waals surface area contributed by atoms with Gasteiger partial charge in [-0.1, -0.05) is 74.5 Å². The van der Waals surface area contributed by atoms with E-state index >= 15 is 0 Å². The first-order chi connectivity index (χ1) is 15.4. The van der Waals surface area contributed by atoms with E-state index in [9.17, 15) is 14.4 Å². The molecular weight excluding hydrogens is 402 g/mol. The molecule has 3 aromatic rings. The van der Waals surface area contributed by atoms with Gasteiger partial charge in [-0.2, -0.15) is 0 Å². The Kier molecular flexibility index (Phi) is 6.03. The Morgan fingerprint density at radius 3 is 1.94 bits per heavy atom. The van der Waals surface area contributed by atoms with Gasteiger partial charge in [0.15, 0.2) is 0 Å². The Morgan fingerprint density at radius 2 is 1.38 bits per heavy atom. The van der Waals surface area contributed by atoms with Gasteiger partial charge in [-0.15, -0.1) is 0 Å². The summed E-state index contributed by atoms with van der Waals surface area (Å²) in [5.41, 5.74) is 3.04. The van der Waals surface area contributed by atoms with Gasteiger partial charge < -0.3 is 10.6 Å². The highest BCUT2D eigenvalue weighted by atomic mass is 16.2. The fourth-order valence-corrected chi connectivity index (χ4v) is 3.85. The zero-order valence-electron chi connectivity index (χ0n) is 18.0. The number of urea groups is 1. The number of amides is 4. The standard InChI is InChI=1S/C26H25N3O3/c1-17(2)16-29-24(30)21-14-13-20(15-22(21)25(29)31)27-26(32)28-23(18-9-5-3-6-10-18)19-11-7-4-8-12-19/h3-15,17,23H,16H2,1-2H3,(H2,27,28,32). The van der Waals surface area contributed by atoms with E-state index < -0.39 is 6.03 Å². The molecule has 1 aliphatic heterocycles. The first-order valence-electron chi connectivity index (χ1n) is 10.6. The zero-order valence-corrected chi connectivity index (χ0v) is 18.0. The maximum absolute atomic E-state index is 12.8. The van der Waals surface area contributed by atoms with E-state index in [1.807, 2.05) is 74.5 Å². The number of hydrogen-bond acceptors (Lipinski definition) is 3. The van der Waals surface area contributed by atoms with Crippen LogP contribution in [0.25, 0.3) is 0 Å². The van der Waals surface area contributed by atoms with Crippen LogP contribution in [-0.2, 0) is 0 Å². The van der Waals surface area contributed by atoms with Crippen molar-refractivity contribution in [2.24, 2.45) is 5.92 Å². The van der Waals surface area contributed by atoms with Crippen molar-refractivity contribution in [3.63, 3.8) is 0 Å². The lowest BCUT2D eigenvalue weighted by atomic mass is 9.99. The van der Waals surface area contributed by atoms with E-state index in [0.29, 0.717) is 23.4 Å². The van der Waals surface area contributed by atoms with Gasteiger partial charge in [-0.3, -0.25) is 14.5 Å². The number of anilines is 1. The maximum atomic E-state index is 12.8. The average molecular weight is 428 g/mol. The summed E-state index contributed by atoms with van der Waals surface area (Å²) >= 11 is 0. The van der Waals surface area contributed by atoms with Gasteiger partial charge in [0.1, 0.15) is 0 Å². The Balaban J connectivity index is 1.53. The molecule has 0 saturated carbocycles. The van der Waals surface area contributed by atoms with Crippen LogP contribution in [0.1, 0.15) is 51.7 Å². The topological polar surface area (TPSA) is 78.5 Å². The van der Waals surface area contributed by atoms with Crippen LogP contribution in [0.15, 0.2) is 78.9 Å². The number of nitrogens with zero attached hydrogens (tertiary/aromatic N) is 1. The van der Waals surface area contributed by atoms with Crippen molar-refractivity contribution >= 4 is 23.5 Å². The second-order valence-corrected chi connectivity index (χ2v) is 8.23. The molecule has 6 nitrogen and oxygen atoms in total. The number of imide groups is 1. The molecule has 0 bridgehead atoms. The number of fused-ring (bicyclic) bond motifs is 1. The fourth-order valence-electron chi connectivity index (χ4n) is 3.85.